The van der Waals surface area contributed by atoms with Gasteiger partial charge in [-0.05, 0) is 74.5 Å². The van der Waals surface area contributed by atoms with E-state index >= 15 is 4.39 Å². The third-order valence-corrected chi connectivity index (χ3v) is 9.41. The van der Waals surface area contributed by atoms with Crippen molar-refractivity contribution in [3.63, 3.8) is 0 Å². The Morgan fingerprint density at radius 1 is 1.04 bits per heavy atom. The summed E-state index contributed by atoms with van der Waals surface area (Å²) in [7, 11) is 1.90. The van der Waals surface area contributed by atoms with Crippen LogP contribution in [0.25, 0.3) is 0 Å². The highest BCUT2D eigenvalue weighted by Gasteiger charge is 2.64. The average molecular weight is 364 g/mol. The van der Waals surface area contributed by atoms with Crippen LogP contribution in [0.1, 0.15) is 71.6 Å². The van der Waals surface area contributed by atoms with Crippen molar-refractivity contribution >= 4 is 5.91 Å². The fourth-order valence-corrected chi connectivity index (χ4v) is 7.73. The number of nitrogens with zero attached hydrogens (tertiary/aromatic N) is 1. The monoisotopic (exact) mass is 363 g/mol. The standard InChI is InChI=1S/C22H34FNO2/c1-21-11-10-16-14(15(21)7-9-19(21)26-13-4-5-13)6-8-18-22(16,2)17(23)12-20(25)24(18)3/h13-19H,4-12H2,1-3H3/t14-,15-,16-,17?,18+,19-,21-,22-/m0/s1. The zero-order valence-electron chi connectivity index (χ0n) is 16.5. The maximum Gasteiger partial charge on any atom is 0.225 e. The average Bonchev–Trinajstić information content (AvgIpc) is 3.36. The van der Waals surface area contributed by atoms with E-state index in [0.717, 1.165) is 19.3 Å². The van der Waals surface area contributed by atoms with Crippen molar-refractivity contribution in [3.05, 3.63) is 0 Å². The van der Waals surface area contributed by atoms with Gasteiger partial charge in [0.15, 0.2) is 0 Å². The Morgan fingerprint density at radius 2 is 1.81 bits per heavy atom. The summed E-state index contributed by atoms with van der Waals surface area (Å²) in [6, 6.07) is 0.0873. The lowest BCUT2D eigenvalue weighted by molar-refractivity contribution is -0.178. The molecular weight excluding hydrogens is 329 g/mol. The molecule has 5 aliphatic rings. The van der Waals surface area contributed by atoms with Crippen molar-refractivity contribution in [1.82, 2.24) is 4.90 Å². The molecule has 1 aliphatic heterocycles. The second-order valence-electron chi connectivity index (χ2n) is 10.5. The summed E-state index contributed by atoms with van der Waals surface area (Å²) in [6.45, 7) is 4.63. The van der Waals surface area contributed by atoms with E-state index in [9.17, 15) is 4.79 Å². The number of amides is 1. The van der Waals surface area contributed by atoms with Crippen LogP contribution in [0.4, 0.5) is 4.39 Å². The van der Waals surface area contributed by atoms with Gasteiger partial charge in [0.05, 0.1) is 18.6 Å². The van der Waals surface area contributed by atoms with Crippen molar-refractivity contribution in [2.45, 2.75) is 96.1 Å². The highest BCUT2D eigenvalue weighted by atomic mass is 19.1. The van der Waals surface area contributed by atoms with Crippen LogP contribution in [0.2, 0.25) is 0 Å². The number of ether oxygens (including phenoxy) is 1. The maximum atomic E-state index is 15.3. The predicted molar refractivity (Wildman–Crippen MR) is 98.4 cm³/mol. The zero-order valence-corrected chi connectivity index (χ0v) is 16.5. The van der Waals surface area contributed by atoms with Crippen LogP contribution in [0, 0.1) is 28.6 Å². The lowest BCUT2D eigenvalue weighted by atomic mass is 9.47. The highest BCUT2D eigenvalue weighted by molar-refractivity contribution is 5.78. The van der Waals surface area contributed by atoms with E-state index in [-0.39, 0.29) is 29.2 Å². The van der Waals surface area contributed by atoms with Gasteiger partial charge >= 0.3 is 0 Å². The number of likely N-dealkylation sites (tertiary alicyclic amines) is 1. The van der Waals surface area contributed by atoms with E-state index in [0.29, 0.717) is 30.0 Å². The molecule has 3 nitrogen and oxygen atoms in total. The topological polar surface area (TPSA) is 29.5 Å². The number of piperidine rings is 1. The van der Waals surface area contributed by atoms with E-state index in [4.69, 9.17) is 4.74 Å². The third kappa shape index (κ3) is 2.23. The highest BCUT2D eigenvalue weighted by Crippen LogP contribution is 2.65. The minimum atomic E-state index is -0.978. The van der Waals surface area contributed by atoms with Crippen molar-refractivity contribution in [2.24, 2.45) is 28.6 Å². The van der Waals surface area contributed by atoms with Crippen molar-refractivity contribution in [1.29, 1.82) is 0 Å². The molecule has 1 amide bonds. The summed E-state index contributed by atoms with van der Waals surface area (Å²) in [5.74, 6) is 1.71. The van der Waals surface area contributed by atoms with Crippen LogP contribution in [0.5, 0.6) is 0 Å². The van der Waals surface area contributed by atoms with Gasteiger partial charge in [-0.15, -0.1) is 0 Å². The Balaban J connectivity index is 1.43. The number of alkyl halides is 1. The Hall–Kier alpha value is -0.640. The molecule has 4 heteroatoms. The Bertz CT molecular complexity index is 607. The molecule has 1 heterocycles. The lowest BCUT2D eigenvalue weighted by Crippen LogP contribution is -2.65. The molecular formula is C22H34FNO2. The first-order valence-electron chi connectivity index (χ1n) is 10.9. The Morgan fingerprint density at radius 3 is 2.54 bits per heavy atom. The molecule has 1 unspecified atom stereocenters. The number of hydrogen-bond donors (Lipinski definition) is 0. The lowest BCUT2D eigenvalue weighted by Gasteiger charge is -2.62. The summed E-state index contributed by atoms with van der Waals surface area (Å²) in [4.78, 5) is 14.1. The molecule has 0 bridgehead atoms. The molecule has 146 valence electrons. The molecule has 5 fully saturated rings. The summed E-state index contributed by atoms with van der Waals surface area (Å²) >= 11 is 0. The second kappa shape index (κ2) is 5.68. The van der Waals surface area contributed by atoms with E-state index in [1.165, 1.54) is 32.1 Å². The van der Waals surface area contributed by atoms with Gasteiger partial charge in [-0.3, -0.25) is 4.79 Å². The minimum absolute atomic E-state index is 0.00200. The molecule has 1 saturated heterocycles. The molecule has 0 radical (unpaired) electrons. The molecule has 8 atom stereocenters. The van der Waals surface area contributed by atoms with Crippen LogP contribution in [0.15, 0.2) is 0 Å². The molecule has 0 aromatic rings. The Labute approximate surface area is 157 Å². The molecule has 4 saturated carbocycles. The van der Waals surface area contributed by atoms with Gasteiger partial charge in [0.1, 0.15) is 6.17 Å². The number of halogens is 1. The number of carbonyl (C=O) groups excluding carboxylic acids is 1. The maximum absolute atomic E-state index is 15.3. The molecule has 4 aliphatic carbocycles. The summed E-state index contributed by atoms with van der Waals surface area (Å²) in [5, 5.41) is 0. The number of fused-ring (bicyclic) bond motifs is 5. The minimum Gasteiger partial charge on any atom is -0.374 e. The number of carbonyl (C=O) groups is 1. The van der Waals surface area contributed by atoms with Crippen molar-refractivity contribution < 1.29 is 13.9 Å². The van der Waals surface area contributed by atoms with E-state index in [1.807, 2.05) is 11.9 Å². The smallest absolute Gasteiger partial charge is 0.225 e. The van der Waals surface area contributed by atoms with Gasteiger partial charge in [0.2, 0.25) is 5.91 Å². The fourth-order valence-electron chi connectivity index (χ4n) is 7.73. The number of rotatable bonds is 2. The van der Waals surface area contributed by atoms with Gasteiger partial charge in [-0.1, -0.05) is 13.8 Å². The van der Waals surface area contributed by atoms with Crippen LogP contribution in [-0.4, -0.2) is 42.3 Å². The number of hydrogen-bond acceptors (Lipinski definition) is 2. The third-order valence-electron chi connectivity index (χ3n) is 9.41. The summed E-state index contributed by atoms with van der Waals surface area (Å²) < 4.78 is 21.8. The molecule has 0 N–H and O–H groups in total. The van der Waals surface area contributed by atoms with E-state index in [1.54, 1.807) is 0 Å². The van der Waals surface area contributed by atoms with Gasteiger partial charge in [-0.2, -0.15) is 0 Å². The molecule has 0 aromatic carbocycles. The van der Waals surface area contributed by atoms with Crippen molar-refractivity contribution in [2.75, 3.05) is 7.05 Å². The SMILES string of the molecule is CN1C(=O)CC(F)[C@]2(C)[C@H]3CC[C@]4(C)[C@@H](OC5CC5)CC[C@H]4[C@@H]3CC[C@@H]12. The zero-order chi connectivity index (χ0) is 18.3. The van der Waals surface area contributed by atoms with Crippen LogP contribution < -0.4 is 0 Å². The first-order valence-corrected chi connectivity index (χ1v) is 10.9. The summed E-state index contributed by atoms with van der Waals surface area (Å²) in [6.07, 6.45) is 9.39. The molecule has 5 rings (SSSR count). The van der Waals surface area contributed by atoms with Gasteiger partial charge < -0.3 is 9.64 Å². The first kappa shape index (κ1) is 17.5. The van der Waals surface area contributed by atoms with Gasteiger partial charge in [0, 0.05) is 18.5 Å². The molecule has 0 spiro atoms. The quantitative estimate of drug-likeness (QED) is 0.730. The van der Waals surface area contributed by atoms with Crippen LogP contribution >= 0.6 is 0 Å². The molecule has 26 heavy (non-hydrogen) atoms. The van der Waals surface area contributed by atoms with Gasteiger partial charge in [0.25, 0.3) is 0 Å². The summed E-state index contributed by atoms with van der Waals surface area (Å²) in [5.41, 5.74) is -0.0719. The normalized spacial score (nSPS) is 53.8. The van der Waals surface area contributed by atoms with E-state index < -0.39 is 6.17 Å². The fraction of sp³-hybridized carbons (Fsp3) is 0.955. The Kier molecular flexibility index (Phi) is 3.82. The van der Waals surface area contributed by atoms with Crippen molar-refractivity contribution in [3.8, 4) is 0 Å². The van der Waals surface area contributed by atoms with Gasteiger partial charge in [-0.25, -0.2) is 4.39 Å². The van der Waals surface area contributed by atoms with Crippen LogP contribution in [-0.2, 0) is 9.53 Å². The first-order chi connectivity index (χ1) is 12.4. The predicted octanol–water partition coefficient (Wildman–Crippen LogP) is 4.35. The second-order valence-corrected chi connectivity index (χ2v) is 10.5. The van der Waals surface area contributed by atoms with E-state index in [2.05, 4.69) is 13.8 Å². The largest absolute Gasteiger partial charge is 0.374 e. The molecule has 0 aromatic heterocycles. The van der Waals surface area contributed by atoms with Crippen LogP contribution in [0.3, 0.4) is 0 Å².